The molecule has 0 saturated carbocycles. The molecule has 1 aromatic heterocycles. The van der Waals surface area contributed by atoms with E-state index < -0.39 is 6.10 Å². The molecular formula is C19H20O4. The molecule has 4 heteroatoms. The minimum atomic E-state index is -0.820. The maximum atomic E-state index is 10.2. The van der Waals surface area contributed by atoms with Crippen LogP contribution in [-0.2, 0) is 6.42 Å². The van der Waals surface area contributed by atoms with Gasteiger partial charge in [0.25, 0.3) is 0 Å². The number of hydrogen-bond donors (Lipinski definition) is 2. The lowest BCUT2D eigenvalue weighted by molar-refractivity contribution is 0.0903. The fourth-order valence-electron chi connectivity index (χ4n) is 2.46. The van der Waals surface area contributed by atoms with Gasteiger partial charge in [-0.3, -0.25) is 0 Å². The quantitative estimate of drug-likeness (QED) is 0.732. The van der Waals surface area contributed by atoms with Gasteiger partial charge in [0.1, 0.15) is 29.8 Å². The topological polar surface area (TPSA) is 62.8 Å². The molecule has 2 aromatic carbocycles. The van der Waals surface area contributed by atoms with E-state index in [0.29, 0.717) is 17.9 Å². The second-order valence-corrected chi connectivity index (χ2v) is 5.63. The van der Waals surface area contributed by atoms with Crippen molar-refractivity contribution in [1.29, 1.82) is 0 Å². The third-order valence-corrected chi connectivity index (χ3v) is 3.75. The Morgan fingerprint density at radius 3 is 2.61 bits per heavy atom. The van der Waals surface area contributed by atoms with Gasteiger partial charge in [-0.05, 0) is 48.7 Å². The Balaban J connectivity index is 1.64. The number of rotatable bonds is 6. The first-order chi connectivity index (χ1) is 11.2. The molecule has 3 aromatic rings. The van der Waals surface area contributed by atoms with Crippen molar-refractivity contribution in [3.8, 4) is 5.75 Å². The molecule has 3 rings (SSSR count). The summed E-state index contributed by atoms with van der Waals surface area (Å²) in [6.45, 7) is 2.25. The molecule has 0 radical (unpaired) electrons. The molecule has 0 bridgehead atoms. The fourth-order valence-corrected chi connectivity index (χ4v) is 2.46. The standard InChI is InChI=1S/C19H20O4/c1-13-2-5-15-11-19(23-18(15)10-13)17(21)12-22-16-6-3-14(4-7-16)8-9-20/h2-7,10-11,17,20-21H,8-9,12H2,1H3. The average molecular weight is 312 g/mol. The van der Waals surface area contributed by atoms with E-state index in [4.69, 9.17) is 14.3 Å². The van der Waals surface area contributed by atoms with Crippen LogP contribution in [-0.4, -0.2) is 23.4 Å². The first kappa shape index (κ1) is 15.6. The first-order valence-electron chi connectivity index (χ1n) is 7.66. The summed E-state index contributed by atoms with van der Waals surface area (Å²) in [5, 5.41) is 20.1. The molecule has 0 saturated heterocycles. The summed E-state index contributed by atoms with van der Waals surface area (Å²) in [5.74, 6) is 1.18. The summed E-state index contributed by atoms with van der Waals surface area (Å²) in [5.41, 5.74) is 2.94. The van der Waals surface area contributed by atoms with Crippen molar-refractivity contribution in [2.75, 3.05) is 13.2 Å². The van der Waals surface area contributed by atoms with Gasteiger partial charge >= 0.3 is 0 Å². The van der Waals surface area contributed by atoms with Gasteiger partial charge in [-0.1, -0.05) is 24.3 Å². The molecule has 23 heavy (non-hydrogen) atoms. The highest BCUT2D eigenvalue weighted by Gasteiger charge is 2.14. The summed E-state index contributed by atoms with van der Waals surface area (Å²) < 4.78 is 11.3. The predicted octanol–water partition coefficient (Wildman–Crippen LogP) is 3.39. The highest BCUT2D eigenvalue weighted by atomic mass is 16.5. The molecule has 0 aliphatic heterocycles. The molecular weight excluding hydrogens is 292 g/mol. The molecule has 1 heterocycles. The lowest BCUT2D eigenvalue weighted by Crippen LogP contribution is -2.08. The lowest BCUT2D eigenvalue weighted by Gasteiger charge is -2.10. The molecule has 0 spiro atoms. The number of fused-ring (bicyclic) bond motifs is 1. The minimum absolute atomic E-state index is 0.123. The predicted molar refractivity (Wildman–Crippen MR) is 88.6 cm³/mol. The van der Waals surface area contributed by atoms with Crippen molar-refractivity contribution in [3.63, 3.8) is 0 Å². The number of aryl methyl sites for hydroxylation is 1. The normalized spacial score (nSPS) is 12.5. The monoisotopic (exact) mass is 312 g/mol. The fraction of sp³-hybridized carbons (Fsp3) is 0.263. The molecule has 0 amide bonds. The van der Waals surface area contributed by atoms with Crippen LogP contribution in [0, 0.1) is 6.92 Å². The number of hydrogen-bond acceptors (Lipinski definition) is 4. The Kier molecular flexibility index (Phi) is 4.65. The Bertz CT molecular complexity index is 774. The summed E-state index contributed by atoms with van der Waals surface area (Å²) in [6, 6.07) is 15.3. The zero-order chi connectivity index (χ0) is 16.2. The summed E-state index contributed by atoms with van der Waals surface area (Å²) in [4.78, 5) is 0. The maximum Gasteiger partial charge on any atom is 0.145 e. The Morgan fingerprint density at radius 2 is 1.87 bits per heavy atom. The van der Waals surface area contributed by atoms with E-state index >= 15 is 0 Å². The molecule has 1 atom stereocenters. The summed E-state index contributed by atoms with van der Waals surface area (Å²) in [7, 11) is 0. The van der Waals surface area contributed by atoms with Gasteiger partial charge in [0.15, 0.2) is 0 Å². The molecule has 120 valence electrons. The van der Waals surface area contributed by atoms with Crippen molar-refractivity contribution in [3.05, 3.63) is 65.4 Å². The van der Waals surface area contributed by atoms with E-state index in [0.717, 1.165) is 22.1 Å². The average Bonchev–Trinajstić information content (AvgIpc) is 2.97. The molecule has 2 N–H and O–H groups in total. The van der Waals surface area contributed by atoms with E-state index in [9.17, 15) is 5.11 Å². The molecule has 1 unspecified atom stereocenters. The van der Waals surface area contributed by atoms with Crippen LogP contribution >= 0.6 is 0 Å². The second kappa shape index (κ2) is 6.86. The van der Waals surface area contributed by atoms with E-state index in [2.05, 4.69) is 0 Å². The van der Waals surface area contributed by atoms with Gasteiger partial charge in [-0.25, -0.2) is 0 Å². The number of aliphatic hydroxyl groups excluding tert-OH is 2. The van der Waals surface area contributed by atoms with E-state index in [1.807, 2.05) is 55.5 Å². The highest BCUT2D eigenvalue weighted by Crippen LogP contribution is 2.25. The molecule has 0 aliphatic rings. The van der Waals surface area contributed by atoms with Crippen LogP contribution in [0.5, 0.6) is 5.75 Å². The largest absolute Gasteiger partial charge is 0.490 e. The molecule has 0 aliphatic carbocycles. The van der Waals surface area contributed by atoms with Crippen LogP contribution in [0.25, 0.3) is 11.0 Å². The minimum Gasteiger partial charge on any atom is -0.490 e. The zero-order valence-corrected chi connectivity index (χ0v) is 13.0. The van der Waals surface area contributed by atoms with Crippen LogP contribution < -0.4 is 4.74 Å². The van der Waals surface area contributed by atoms with Gasteiger partial charge in [-0.15, -0.1) is 0 Å². The number of benzene rings is 2. The van der Waals surface area contributed by atoms with E-state index in [1.54, 1.807) is 0 Å². The Labute approximate surface area is 134 Å². The molecule has 4 nitrogen and oxygen atoms in total. The van der Waals surface area contributed by atoms with Gasteiger partial charge in [0.05, 0.1) is 0 Å². The molecule has 0 fully saturated rings. The second-order valence-electron chi connectivity index (χ2n) is 5.63. The van der Waals surface area contributed by atoms with Crippen molar-refractivity contribution in [2.45, 2.75) is 19.4 Å². The highest BCUT2D eigenvalue weighted by molar-refractivity contribution is 5.78. The van der Waals surface area contributed by atoms with Crippen LogP contribution in [0.3, 0.4) is 0 Å². The van der Waals surface area contributed by atoms with Crippen LogP contribution in [0.1, 0.15) is 23.0 Å². The summed E-state index contributed by atoms with van der Waals surface area (Å²) in [6.07, 6.45) is -0.193. The van der Waals surface area contributed by atoms with Crippen LogP contribution in [0.2, 0.25) is 0 Å². The number of ether oxygens (including phenoxy) is 1. The van der Waals surface area contributed by atoms with E-state index in [-0.39, 0.29) is 13.2 Å². The van der Waals surface area contributed by atoms with Gasteiger partial charge in [0, 0.05) is 12.0 Å². The van der Waals surface area contributed by atoms with Crippen molar-refractivity contribution in [2.24, 2.45) is 0 Å². The van der Waals surface area contributed by atoms with Gasteiger partial charge in [-0.2, -0.15) is 0 Å². The van der Waals surface area contributed by atoms with E-state index in [1.165, 1.54) is 0 Å². The van der Waals surface area contributed by atoms with Crippen molar-refractivity contribution < 1.29 is 19.4 Å². The number of aliphatic hydroxyl groups is 2. The zero-order valence-electron chi connectivity index (χ0n) is 13.0. The van der Waals surface area contributed by atoms with Gasteiger partial charge in [0.2, 0.25) is 0 Å². The number of furan rings is 1. The van der Waals surface area contributed by atoms with Crippen LogP contribution in [0.4, 0.5) is 0 Å². The third-order valence-electron chi connectivity index (χ3n) is 3.75. The van der Waals surface area contributed by atoms with Crippen molar-refractivity contribution >= 4 is 11.0 Å². The lowest BCUT2D eigenvalue weighted by atomic mass is 10.1. The van der Waals surface area contributed by atoms with Crippen molar-refractivity contribution in [1.82, 2.24) is 0 Å². The summed E-state index contributed by atoms with van der Waals surface area (Å²) >= 11 is 0. The third kappa shape index (κ3) is 3.73. The maximum absolute atomic E-state index is 10.2. The SMILES string of the molecule is Cc1ccc2cc(C(O)COc3ccc(CCO)cc3)oc2c1. The Hall–Kier alpha value is -2.30. The first-order valence-corrected chi connectivity index (χ1v) is 7.66. The smallest absolute Gasteiger partial charge is 0.145 e. The van der Waals surface area contributed by atoms with Gasteiger partial charge < -0.3 is 19.4 Å². The van der Waals surface area contributed by atoms with Crippen LogP contribution in [0.15, 0.2) is 52.9 Å². The Morgan fingerprint density at radius 1 is 1.09 bits per heavy atom.